The van der Waals surface area contributed by atoms with Crippen LogP contribution in [0.3, 0.4) is 0 Å². The number of piperazine rings is 1. The fourth-order valence-electron chi connectivity index (χ4n) is 2.41. The van der Waals surface area contributed by atoms with Crippen LogP contribution < -0.4 is 11.0 Å². The summed E-state index contributed by atoms with van der Waals surface area (Å²) in [6.07, 6.45) is 1.69. The standard InChI is InChI=1S/C12H16BrN5O/c13-9-7-10-11(15-8-9)16-12(19)18(10)6-5-17-3-1-14-2-4-17/h7-8,14H,1-6H2,(H,15,16,19). The Kier molecular flexibility index (Phi) is 3.67. The number of H-pyrrole nitrogens is 1. The minimum Gasteiger partial charge on any atom is -0.314 e. The van der Waals surface area contributed by atoms with Crippen molar-refractivity contribution in [1.82, 2.24) is 24.8 Å². The Hall–Kier alpha value is -1.18. The predicted octanol–water partition coefficient (Wildman–Crippen LogP) is 0.392. The maximum absolute atomic E-state index is 11.9. The number of nitrogens with zero attached hydrogens (tertiary/aromatic N) is 3. The quantitative estimate of drug-likeness (QED) is 0.857. The molecule has 3 rings (SSSR count). The lowest BCUT2D eigenvalue weighted by molar-refractivity contribution is 0.232. The average molecular weight is 326 g/mol. The average Bonchev–Trinajstić information content (AvgIpc) is 2.73. The van der Waals surface area contributed by atoms with Crippen LogP contribution in [-0.2, 0) is 6.54 Å². The number of aromatic nitrogens is 3. The summed E-state index contributed by atoms with van der Waals surface area (Å²) in [7, 11) is 0. The van der Waals surface area contributed by atoms with Gasteiger partial charge >= 0.3 is 5.69 Å². The van der Waals surface area contributed by atoms with E-state index in [1.54, 1.807) is 10.8 Å². The van der Waals surface area contributed by atoms with E-state index < -0.39 is 0 Å². The van der Waals surface area contributed by atoms with Gasteiger partial charge in [0.2, 0.25) is 0 Å². The van der Waals surface area contributed by atoms with Crippen LogP contribution in [0, 0.1) is 0 Å². The maximum Gasteiger partial charge on any atom is 0.327 e. The highest BCUT2D eigenvalue weighted by Crippen LogP contribution is 2.14. The third-order valence-corrected chi connectivity index (χ3v) is 3.88. The van der Waals surface area contributed by atoms with E-state index in [0.717, 1.165) is 42.7 Å². The second-order valence-electron chi connectivity index (χ2n) is 4.69. The van der Waals surface area contributed by atoms with Crippen molar-refractivity contribution >= 4 is 27.1 Å². The molecule has 1 saturated heterocycles. The summed E-state index contributed by atoms with van der Waals surface area (Å²) in [4.78, 5) is 21.3. The molecule has 2 aromatic rings. The van der Waals surface area contributed by atoms with Crippen LogP contribution in [0.25, 0.3) is 11.2 Å². The number of fused-ring (bicyclic) bond motifs is 1. The van der Waals surface area contributed by atoms with Gasteiger partial charge in [0.05, 0.1) is 5.52 Å². The number of hydrogen-bond donors (Lipinski definition) is 2. The van der Waals surface area contributed by atoms with Crippen LogP contribution in [0.4, 0.5) is 0 Å². The molecule has 0 aliphatic carbocycles. The van der Waals surface area contributed by atoms with Crippen molar-refractivity contribution in [3.05, 3.63) is 27.2 Å². The zero-order valence-corrected chi connectivity index (χ0v) is 12.1. The second-order valence-corrected chi connectivity index (χ2v) is 5.61. The van der Waals surface area contributed by atoms with Crippen LogP contribution in [0.15, 0.2) is 21.5 Å². The first kappa shape index (κ1) is 12.8. The minimum atomic E-state index is -0.0873. The number of aromatic amines is 1. The second kappa shape index (κ2) is 5.44. The van der Waals surface area contributed by atoms with E-state index in [2.05, 4.69) is 36.1 Å². The molecule has 2 aromatic heterocycles. The molecule has 0 unspecified atom stereocenters. The monoisotopic (exact) mass is 325 g/mol. The molecule has 1 fully saturated rings. The molecule has 2 N–H and O–H groups in total. The van der Waals surface area contributed by atoms with Crippen molar-refractivity contribution in [1.29, 1.82) is 0 Å². The van der Waals surface area contributed by atoms with Gasteiger partial charge < -0.3 is 5.32 Å². The zero-order valence-electron chi connectivity index (χ0n) is 10.5. The molecular weight excluding hydrogens is 310 g/mol. The first-order valence-electron chi connectivity index (χ1n) is 6.41. The predicted molar refractivity (Wildman–Crippen MR) is 77.4 cm³/mol. The molecule has 7 heteroatoms. The largest absolute Gasteiger partial charge is 0.327 e. The molecule has 0 atom stereocenters. The molecule has 0 bridgehead atoms. The first-order chi connectivity index (χ1) is 9.24. The molecule has 19 heavy (non-hydrogen) atoms. The molecule has 1 aliphatic rings. The van der Waals surface area contributed by atoms with Crippen LogP contribution in [0.5, 0.6) is 0 Å². The van der Waals surface area contributed by atoms with Gasteiger partial charge in [0.25, 0.3) is 0 Å². The lowest BCUT2D eigenvalue weighted by atomic mass is 10.3. The summed E-state index contributed by atoms with van der Waals surface area (Å²) in [6.45, 7) is 5.71. The van der Waals surface area contributed by atoms with Crippen molar-refractivity contribution in [2.75, 3.05) is 32.7 Å². The number of hydrogen-bond acceptors (Lipinski definition) is 4. The normalized spacial score (nSPS) is 17.1. The van der Waals surface area contributed by atoms with Gasteiger partial charge in [-0.1, -0.05) is 0 Å². The van der Waals surface area contributed by atoms with E-state index in [4.69, 9.17) is 0 Å². The molecule has 0 aromatic carbocycles. The fraction of sp³-hybridized carbons (Fsp3) is 0.500. The summed E-state index contributed by atoms with van der Waals surface area (Å²) in [5.41, 5.74) is 1.42. The first-order valence-corrected chi connectivity index (χ1v) is 7.20. The number of halogens is 1. The highest BCUT2D eigenvalue weighted by atomic mass is 79.9. The van der Waals surface area contributed by atoms with E-state index in [0.29, 0.717) is 12.2 Å². The van der Waals surface area contributed by atoms with Crippen LogP contribution in [0.1, 0.15) is 0 Å². The van der Waals surface area contributed by atoms with Gasteiger partial charge in [0, 0.05) is 49.9 Å². The van der Waals surface area contributed by atoms with Gasteiger partial charge in [-0.25, -0.2) is 9.78 Å². The Morgan fingerprint density at radius 1 is 1.32 bits per heavy atom. The highest BCUT2D eigenvalue weighted by Gasteiger charge is 2.12. The molecule has 3 heterocycles. The Bertz CT molecular complexity index is 629. The van der Waals surface area contributed by atoms with Crippen LogP contribution >= 0.6 is 15.9 Å². The van der Waals surface area contributed by atoms with E-state index in [-0.39, 0.29) is 5.69 Å². The summed E-state index contributed by atoms with van der Waals surface area (Å²) in [5, 5.41) is 3.32. The van der Waals surface area contributed by atoms with Crippen molar-refractivity contribution < 1.29 is 0 Å². The number of pyridine rings is 1. The highest BCUT2D eigenvalue weighted by molar-refractivity contribution is 9.10. The zero-order chi connectivity index (χ0) is 13.2. The van der Waals surface area contributed by atoms with E-state index >= 15 is 0 Å². The number of nitrogens with one attached hydrogen (secondary N) is 2. The van der Waals surface area contributed by atoms with Gasteiger partial charge in [-0.2, -0.15) is 0 Å². The minimum absolute atomic E-state index is 0.0873. The number of imidazole rings is 1. The van der Waals surface area contributed by atoms with Crippen LogP contribution in [-0.4, -0.2) is 52.2 Å². The Labute approximate surface area is 118 Å². The SMILES string of the molecule is O=c1[nH]c2ncc(Br)cc2n1CCN1CCNCC1. The lowest BCUT2D eigenvalue weighted by Crippen LogP contribution is -2.44. The molecule has 0 spiro atoms. The van der Waals surface area contributed by atoms with Crippen molar-refractivity contribution in [3.8, 4) is 0 Å². The van der Waals surface area contributed by atoms with Gasteiger partial charge in [-0.3, -0.25) is 14.5 Å². The van der Waals surface area contributed by atoms with E-state index in [1.807, 2.05) is 6.07 Å². The molecule has 1 aliphatic heterocycles. The summed E-state index contributed by atoms with van der Waals surface area (Å²) in [6, 6.07) is 1.93. The number of rotatable bonds is 3. The molecule has 0 radical (unpaired) electrons. The van der Waals surface area contributed by atoms with Gasteiger partial charge in [0.1, 0.15) is 0 Å². The molecule has 0 saturated carbocycles. The van der Waals surface area contributed by atoms with Gasteiger partial charge in [-0.05, 0) is 22.0 Å². The Morgan fingerprint density at radius 3 is 2.89 bits per heavy atom. The smallest absolute Gasteiger partial charge is 0.314 e. The van der Waals surface area contributed by atoms with E-state index in [9.17, 15) is 4.79 Å². The van der Waals surface area contributed by atoms with Crippen molar-refractivity contribution in [3.63, 3.8) is 0 Å². The Balaban J connectivity index is 1.81. The molecule has 102 valence electrons. The van der Waals surface area contributed by atoms with Crippen LogP contribution in [0.2, 0.25) is 0 Å². The summed E-state index contributed by atoms with van der Waals surface area (Å²) < 4.78 is 2.64. The van der Waals surface area contributed by atoms with Crippen molar-refractivity contribution in [2.24, 2.45) is 0 Å². The summed E-state index contributed by atoms with van der Waals surface area (Å²) >= 11 is 3.39. The maximum atomic E-state index is 11.9. The van der Waals surface area contributed by atoms with Gasteiger partial charge in [0.15, 0.2) is 5.65 Å². The molecular formula is C12H16BrN5O. The van der Waals surface area contributed by atoms with Gasteiger partial charge in [-0.15, -0.1) is 0 Å². The van der Waals surface area contributed by atoms with Crippen molar-refractivity contribution in [2.45, 2.75) is 6.54 Å². The molecule has 6 nitrogen and oxygen atoms in total. The topological polar surface area (TPSA) is 66.0 Å². The molecule has 0 amide bonds. The fourth-order valence-corrected chi connectivity index (χ4v) is 2.73. The third kappa shape index (κ3) is 2.72. The Morgan fingerprint density at radius 2 is 2.11 bits per heavy atom. The third-order valence-electron chi connectivity index (χ3n) is 3.44. The summed E-state index contributed by atoms with van der Waals surface area (Å²) in [5.74, 6) is 0. The van der Waals surface area contributed by atoms with E-state index in [1.165, 1.54) is 0 Å². The lowest BCUT2D eigenvalue weighted by Gasteiger charge is -2.27.